The Hall–Kier alpha value is -7.08. The van der Waals surface area contributed by atoms with Crippen molar-refractivity contribution in [2.45, 2.75) is 44.2 Å². The molecule has 0 saturated heterocycles. The maximum Gasteiger partial charge on any atom is 0.326 e. The first-order valence-electron chi connectivity index (χ1n) is 20.2. The Bertz CT molecular complexity index is 2780. The molecule has 6 aromatic rings. The molecule has 2 unspecified atom stereocenters. The van der Waals surface area contributed by atoms with Gasteiger partial charge in [0.25, 0.3) is 5.91 Å². The summed E-state index contributed by atoms with van der Waals surface area (Å²) < 4.78 is 12.4. The Morgan fingerprint density at radius 1 is 0.857 bits per heavy atom. The predicted octanol–water partition coefficient (Wildman–Crippen LogP) is 8.80. The molecule has 2 heterocycles. The molecule has 10 nitrogen and oxygen atoms in total. The van der Waals surface area contributed by atoms with Crippen LogP contribution < -0.4 is 19.7 Å². The van der Waals surface area contributed by atoms with Gasteiger partial charge in [-0.1, -0.05) is 108 Å². The summed E-state index contributed by atoms with van der Waals surface area (Å²) in [6.07, 6.45) is -0.582. The maximum atomic E-state index is 14.2. The first kappa shape index (κ1) is 42.6. The number of aliphatic carboxylic acids is 1. The zero-order valence-corrected chi connectivity index (χ0v) is 35.6. The third-order valence-electron chi connectivity index (χ3n) is 11.2. The minimum atomic E-state index is -1.20. The number of carbonyl (C=O) groups excluding carboxylic acids is 2. The molecule has 0 spiro atoms. The van der Waals surface area contributed by atoms with Crippen LogP contribution in [0.3, 0.4) is 0 Å². The van der Waals surface area contributed by atoms with Crippen molar-refractivity contribution >= 4 is 46.7 Å². The van der Waals surface area contributed by atoms with Crippen molar-refractivity contribution < 1.29 is 29.0 Å². The maximum absolute atomic E-state index is 14.2. The summed E-state index contributed by atoms with van der Waals surface area (Å²) in [5.41, 5.74) is 7.81. The van der Waals surface area contributed by atoms with Crippen molar-refractivity contribution in [3.05, 3.63) is 182 Å². The molecule has 2 N–H and O–H groups in total. The van der Waals surface area contributed by atoms with E-state index in [1.807, 2.05) is 89.8 Å². The highest BCUT2D eigenvalue weighted by atomic mass is 35.5. The number of fused-ring (bicyclic) bond motifs is 2. The van der Waals surface area contributed by atoms with E-state index in [0.717, 1.165) is 38.9 Å². The monoisotopic (exact) mass is 874 g/mol. The van der Waals surface area contributed by atoms with Crippen molar-refractivity contribution in [1.29, 1.82) is 5.26 Å². The van der Waals surface area contributed by atoms with E-state index in [9.17, 15) is 19.5 Å². The summed E-state index contributed by atoms with van der Waals surface area (Å²) in [5.74, 6) is 5.67. The predicted molar refractivity (Wildman–Crippen MR) is 242 cm³/mol. The first-order chi connectivity index (χ1) is 30.5. The van der Waals surface area contributed by atoms with Gasteiger partial charge in [-0.25, -0.2) is 4.79 Å². The van der Waals surface area contributed by atoms with E-state index in [4.69, 9.17) is 37.9 Å². The fraction of sp³-hybridized carbons (Fsp3) is 0.176. The summed E-state index contributed by atoms with van der Waals surface area (Å²) in [5, 5.41) is 23.2. The molecule has 314 valence electrons. The van der Waals surface area contributed by atoms with Crippen LogP contribution in [0.25, 0.3) is 11.1 Å². The smallest absolute Gasteiger partial charge is 0.326 e. The van der Waals surface area contributed by atoms with Crippen LogP contribution in [0.15, 0.2) is 133 Å². The number of hydrogen-bond acceptors (Lipinski definition) is 7. The molecular formula is C51H40Cl2N4O6. The van der Waals surface area contributed by atoms with Crippen LogP contribution in [0.4, 0.5) is 5.69 Å². The molecule has 8 rings (SSSR count). The van der Waals surface area contributed by atoms with Gasteiger partial charge in [-0.2, -0.15) is 5.26 Å². The molecule has 0 aliphatic carbocycles. The molecule has 2 aliphatic heterocycles. The number of ether oxygens (including phenoxy) is 2. The quantitative estimate of drug-likeness (QED) is 0.124. The summed E-state index contributed by atoms with van der Waals surface area (Å²) in [4.78, 5) is 44.2. The third kappa shape index (κ3) is 9.86. The van der Waals surface area contributed by atoms with Gasteiger partial charge in [0.15, 0.2) is 0 Å². The second kappa shape index (κ2) is 18.9. The largest absolute Gasteiger partial charge is 0.489 e. The lowest BCUT2D eigenvalue weighted by atomic mass is 9.91. The highest BCUT2D eigenvalue weighted by molar-refractivity contribution is 6.42. The fourth-order valence-electron chi connectivity index (χ4n) is 7.69. The van der Waals surface area contributed by atoms with Gasteiger partial charge in [-0.15, -0.1) is 0 Å². The van der Waals surface area contributed by atoms with E-state index in [2.05, 4.69) is 23.2 Å². The van der Waals surface area contributed by atoms with Crippen molar-refractivity contribution in [1.82, 2.24) is 10.2 Å². The Labute approximate surface area is 375 Å². The molecule has 3 atom stereocenters. The molecule has 0 saturated carbocycles. The Balaban J connectivity index is 0.997. The second-order valence-corrected chi connectivity index (χ2v) is 16.2. The molecule has 2 amide bonds. The number of nitrogens with one attached hydrogen (secondary N) is 1. The number of likely N-dealkylation sites (N-methyl/N-ethyl adjacent to an activating group) is 1. The van der Waals surface area contributed by atoms with Gasteiger partial charge in [-0.3, -0.25) is 14.5 Å². The average Bonchev–Trinajstić information content (AvgIpc) is 3.30. The van der Waals surface area contributed by atoms with Crippen LogP contribution >= 0.6 is 23.2 Å². The summed E-state index contributed by atoms with van der Waals surface area (Å²) >= 11 is 12.2. The zero-order valence-electron chi connectivity index (χ0n) is 34.1. The normalized spacial score (nSPS) is 16.0. The molecule has 0 radical (unpaired) electrons. The van der Waals surface area contributed by atoms with E-state index in [1.54, 1.807) is 60.5 Å². The summed E-state index contributed by atoms with van der Waals surface area (Å²) in [6, 6.07) is 40.7. The molecule has 6 aromatic carbocycles. The number of carbonyl (C=O) groups is 3. The van der Waals surface area contributed by atoms with Crippen LogP contribution in [-0.4, -0.2) is 53.5 Å². The Morgan fingerprint density at radius 3 is 2.24 bits per heavy atom. The minimum absolute atomic E-state index is 0.0687. The molecular weight excluding hydrogens is 835 g/mol. The third-order valence-corrected chi connectivity index (χ3v) is 11.9. The lowest BCUT2D eigenvalue weighted by Crippen LogP contribution is -2.54. The van der Waals surface area contributed by atoms with Gasteiger partial charge in [0, 0.05) is 31.1 Å². The van der Waals surface area contributed by atoms with Gasteiger partial charge >= 0.3 is 5.97 Å². The number of nitriles is 1. The van der Waals surface area contributed by atoms with E-state index in [1.165, 1.54) is 0 Å². The lowest BCUT2D eigenvalue weighted by Gasteiger charge is -2.38. The van der Waals surface area contributed by atoms with Crippen LogP contribution in [0, 0.1) is 23.2 Å². The molecule has 12 heteroatoms. The fourth-order valence-corrected chi connectivity index (χ4v) is 8.02. The summed E-state index contributed by atoms with van der Waals surface area (Å²) in [6.45, 7) is 0.847. The van der Waals surface area contributed by atoms with Crippen molar-refractivity contribution in [3.63, 3.8) is 0 Å². The molecule has 0 fully saturated rings. The van der Waals surface area contributed by atoms with Crippen molar-refractivity contribution in [2.75, 3.05) is 18.5 Å². The number of nitrogens with zero attached hydrogens (tertiary/aromatic N) is 3. The van der Waals surface area contributed by atoms with Crippen LogP contribution in [-0.2, 0) is 40.4 Å². The topological polar surface area (TPSA) is 132 Å². The number of amides is 2. The Kier molecular flexibility index (Phi) is 12.8. The van der Waals surface area contributed by atoms with Crippen molar-refractivity contribution in [3.8, 4) is 40.5 Å². The molecule has 2 aliphatic rings. The number of carboxylic acids is 1. The van der Waals surface area contributed by atoms with E-state index in [0.29, 0.717) is 44.9 Å². The average molecular weight is 876 g/mol. The van der Waals surface area contributed by atoms with Gasteiger partial charge < -0.3 is 24.8 Å². The van der Waals surface area contributed by atoms with E-state index in [-0.39, 0.29) is 31.9 Å². The van der Waals surface area contributed by atoms with Gasteiger partial charge in [0.05, 0.1) is 40.0 Å². The molecule has 0 bridgehead atoms. The second-order valence-electron chi connectivity index (χ2n) is 15.4. The standard InChI is InChI=1S/C51H40Cl2N4O6/c1-56-45-26-39-27-46(49(58)55-44(51(60)61)25-33-9-14-36(15-10-33)37-16-11-34(29-54)12-17-37)57(23-5-8-32-6-3-2-4-7-32)30-40(39)28-47(45)63-48(50(56)59)38-18-20-41(21-19-38)62-31-35-13-22-42(52)43(53)24-35/h2-4,6-7,9-22,24,26,28,44,46,48H,23,25,27,30-31H2,1H3,(H,55,58)(H,60,61)/t44-,46?,48?/m0/s1. The van der Waals surface area contributed by atoms with Crippen LogP contribution in [0.1, 0.15) is 45.0 Å². The minimum Gasteiger partial charge on any atom is -0.489 e. The number of anilines is 1. The number of rotatable bonds is 11. The summed E-state index contributed by atoms with van der Waals surface area (Å²) in [7, 11) is 1.70. The van der Waals surface area contributed by atoms with Gasteiger partial charge in [0.1, 0.15) is 24.1 Å². The van der Waals surface area contributed by atoms with Crippen molar-refractivity contribution in [2.24, 2.45) is 0 Å². The first-order valence-corrected chi connectivity index (χ1v) is 21.0. The zero-order chi connectivity index (χ0) is 44.0. The highest BCUT2D eigenvalue weighted by Crippen LogP contribution is 2.42. The molecule has 63 heavy (non-hydrogen) atoms. The number of benzene rings is 6. The van der Waals surface area contributed by atoms with E-state index >= 15 is 0 Å². The Morgan fingerprint density at radius 2 is 1.56 bits per heavy atom. The number of hydrogen-bond donors (Lipinski definition) is 2. The van der Waals surface area contributed by atoms with Crippen LogP contribution in [0.5, 0.6) is 11.5 Å². The number of carboxylic acid groups (broad SMARTS) is 1. The molecule has 0 aromatic heterocycles. The van der Waals surface area contributed by atoms with Crippen LogP contribution in [0.2, 0.25) is 10.0 Å². The van der Waals surface area contributed by atoms with Gasteiger partial charge in [0.2, 0.25) is 12.0 Å². The van der Waals surface area contributed by atoms with E-state index < -0.39 is 30.1 Å². The van der Waals surface area contributed by atoms with Gasteiger partial charge in [-0.05, 0) is 100 Å². The number of halogens is 2. The SMILES string of the molecule is CN1C(=O)C(c2ccc(OCc3ccc(Cl)c(Cl)c3)cc2)Oc2cc3c(cc21)CC(C(=O)N[C@@H](Cc1ccc(-c2ccc(C#N)cc2)cc1)C(=O)O)N(CC#Cc1ccccc1)C3. The lowest BCUT2D eigenvalue weighted by molar-refractivity contribution is -0.142. The highest BCUT2D eigenvalue weighted by Gasteiger charge is 2.38.